The zero-order chi connectivity index (χ0) is 29.8. The molecule has 0 amide bonds. The summed E-state index contributed by atoms with van der Waals surface area (Å²) in [6, 6.07) is 0. The van der Waals surface area contributed by atoms with E-state index in [1.165, 1.54) is 72.0 Å². The average Bonchev–Trinajstić information content (AvgIpc) is 2.85. The summed E-state index contributed by atoms with van der Waals surface area (Å²) in [4.78, 5) is 0. The molecule has 0 nitrogen and oxygen atoms in total. The van der Waals surface area contributed by atoms with E-state index in [0.717, 1.165) is 0 Å². The van der Waals surface area contributed by atoms with Gasteiger partial charge in [0, 0.05) is 0 Å². The minimum atomic E-state index is 0.291. The molecule has 0 aromatic carbocycles. The van der Waals surface area contributed by atoms with E-state index in [-0.39, 0.29) is 0 Å². The molecule has 2 rings (SSSR count). The molecule has 0 atom stereocenters. The van der Waals surface area contributed by atoms with E-state index in [1.807, 2.05) is 0 Å². The zero-order valence-electron chi connectivity index (χ0n) is 27.3. The average molecular weight is 577 g/mol. The molecule has 2 aliphatic carbocycles. The van der Waals surface area contributed by atoms with E-state index in [0.29, 0.717) is 10.8 Å². The van der Waals surface area contributed by atoms with Crippen molar-refractivity contribution in [1.82, 2.24) is 0 Å². The minimum absolute atomic E-state index is 0.291. The largest absolute Gasteiger partial charge is 0.0696 e. The Hall–Kier alpha value is -2.86. The van der Waals surface area contributed by atoms with Gasteiger partial charge in [0.05, 0.1) is 0 Å². The monoisotopic (exact) mass is 577 g/mol. The van der Waals surface area contributed by atoms with E-state index >= 15 is 0 Å². The number of allylic oxidation sites excluding steroid dienone is 22. The van der Waals surface area contributed by atoms with Crippen molar-refractivity contribution in [3.05, 3.63) is 130 Å². The Kier molecular flexibility index (Phi) is 13.2. The van der Waals surface area contributed by atoms with Crippen molar-refractivity contribution in [3.8, 4) is 0 Å². The van der Waals surface area contributed by atoms with Crippen LogP contribution in [-0.4, -0.2) is 0 Å². The first-order valence-corrected chi connectivity index (χ1v) is 15.3. The van der Waals surface area contributed by atoms with E-state index in [4.69, 9.17) is 0 Å². The van der Waals surface area contributed by atoms with Crippen molar-refractivity contribution in [3.63, 3.8) is 0 Å². The Morgan fingerprint density at radius 3 is 1.18 bits per heavy atom. The first kappa shape index (κ1) is 33.3. The number of hydrogen-bond acceptors (Lipinski definition) is 0. The predicted octanol–water partition coefficient (Wildman–Crippen LogP) is 12.6. The van der Waals surface area contributed by atoms with E-state index < -0.39 is 0 Å². The highest BCUT2D eigenvalue weighted by molar-refractivity contribution is 5.39. The minimum Gasteiger partial charge on any atom is -0.0696 e. The van der Waals surface area contributed by atoms with Gasteiger partial charge in [0.15, 0.2) is 0 Å². The Labute approximate surface area is 247 Å². The topological polar surface area (TPSA) is 0 Å². The third kappa shape index (κ3) is 11.3. The summed E-state index contributed by atoms with van der Waals surface area (Å²) in [7, 11) is 0. The molecular weight excluding hydrogens is 520 g/mol. The Balaban J connectivity index is 1.89. The van der Waals surface area contributed by atoms with Gasteiger partial charge in [-0.3, -0.25) is 0 Å². The normalized spacial score (nSPS) is 21.9. The molecule has 0 radical (unpaired) electrons. The molecule has 0 saturated heterocycles. The van der Waals surface area contributed by atoms with E-state index in [1.54, 1.807) is 11.1 Å². The quantitative estimate of drug-likeness (QED) is 0.179. The molecule has 216 valence electrons. The van der Waals surface area contributed by atoms with Crippen LogP contribution in [0.5, 0.6) is 0 Å². The van der Waals surface area contributed by atoms with Crippen molar-refractivity contribution < 1.29 is 0 Å². The highest BCUT2D eigenvalue weighted by Gasteiger charge is 2.27. The van der Waals surface area contributed by atoms with Gasteiger partial charge < -0.3 is 0 Å². The van der Waals surface area contributed by atoms with Gasteiger partial charge in [-0.25, -0.2) is 0 Å². The van der Waals surface area contributed by atoms with Crippen molar-refractivity contribution in [1.29, 1.82) is 0 Å². The van der Waals surface area contributed by atoms with Crippen LogP contribution in [0.3, 0.4) is 0 Å². The maximum absolute atomic E-state index is 2.37. The molecular formula is C40H56. The summed E-state index contributed by atoms with van der Waals surface area (Å²) >= 11 is 0. The maximum atomic E-state index is 2.37. The lowest BCUT2D eigenvalue weighted by Gasteiger charge is -2.33. The fourth-order valence-corrected chi connectivity index (χ4v) is 5.79. The molecule has 0 aromatic rings. The predicted molar refractivity (Wildman–Crippen MR) is 181 cm³/mol. The molecule has 0 fully saturated rings. The third-order valence-corrected chi connectivity index (χ3v) is 8.38. The van der Waals surface area contributed by atoms with Crippen LogP contribution in [-0.2, 0) is 0 Å². The smallest absolute Gasteiger partial charge is 0.0104 e. The van der Waals surface area contributed by atoms with Gasteiger partial charge in [-0.2, -0.15) is 0 Å². The maximum Gasteiger partial charge on any atom is -0.0104 e. The molecule has 0 heteroatoms. The lowest BCUT2D eigenvalue weighted by molar-refractivity contribution is 0.376. The summed E-state index contributed by atoms with van der Waals surface area (Å²) < 4.78 is 0. The summed E-state index contributed by atoms with van der Waals surface area (Å²) in [5.41, 5.74) is 11.7. The van der Waals surface area contributed by atoms with Gasteiger partial charge in [0.25, 0.3) is 0 Å². The standard InChI is InChI=1S/C40H56/c1-31(19-13-21-33(3)25-27-37-35(5)23-15-29-39(37,7)8)17-11-12-18-32(2)20-14-22-34(4)26-28-38-36(6)24-16-30-40(38,9)10/h11-14,17-22,25-28H,15-16,23-24,29-30H2,1-10H3/b12-11+,19-13+,20-14+,27-25+,28-26+,31-17+,32-18+,33-21+,34-22+/i1+1,2+1,3+1,4+1,5+1,6+1,7+1,8+1,9+1,10+1,11+1,12+1,13+1,14+1,15+1,16+1,17+1,18+1,19+1,20+1,21+1,22+1,23+1,24+1,25+1,26+1,27+1,28+1,29+1,30+1,31+1,32+1,33+1,34+1,35+1,36+1,37+1,38+1,39+1,40+1. The highest BCUT2D eigenvalue weighted by Crippen LogP contribution is 2.41. The van der Waals surface area contributed by atoms with Crippen LogP contribution in [0.1, 0.15) is 108 Å². The van der Waals surface area contributed by atoms with Crippen LogP contribution < -0.4 is 0 Å². The van der Waals surface area contributed by atoms with Crippen molar-refractivity contribution in [2.75, 3.05) is 0 Å². The fraction of sp³-hybridized carbons (Fsp3) is 0.450. The van der Waals surface area contributed by atoms with Crippen LogP contribution in [0.4, 0.5) is 0 Å². The lowest BCUT2D eigenvalue weighted by atomic mass is 10.7. The zero-order valence-corrected chi connectivity index (χ0v) is 27.3. The first-order chi connectivity index (χ1) is 18.8. The summed E-state index contributed by atoms with van der Waals surface area (Å²) in [6.45, 7) is 22.7. The highest BCUT2D eigenvalue weighted by atomic mass is 15.3. The van der Waals surface area contributed by atoms with Crippen molar-refractivity contribution >= 4 is 0 Å². The van der Waals surface area contributed by atoms with Crippen LogP contribution in [0, 0.1) is 10.8 Å². The molecule has 0 spiro atoms. The molecule has 0 unspecified atom stereocenters. The first-order valence-electron chi connectivity index (χ1n) is 15.3. The lowest BCUT2D eigenvalue weighted by Crippen LogP contribution is -2.19. The summed E-state index contributed by atoms with van der Waals surface area (Å²) in [5, 5.41) is 0. The second-order valence-corrected chi connectivity index (χ2v) is 13.3. The Morgan fingerprint density at radius 2 is 0.825 bits per heavy atom. The third-order valence-electron chi connectivity index (χ3n) is 8.38. The molecule has 0 heterocycles. The molecule has 40 heavy (non-hydrogen) atoms. The molecule has 0 aliphatic heterocycles. The van der Waals surface area contributed by atoms with E-state index in [9.17, 15) is 0 Å². The van der Waals surface area contributed by atoms with E-state index in [2.05, 4.69) is 154 Å². The second kappa shape index (κ2) is 15.8. The molecule has 2 aliphatic rings. The van der Waals surface area contributed by atoms with Gasteiger partial charge in [0.2, 0.25) is 0 Å². The number of hydrogen-bond donors (Lipinski definition) is 0. The molecule has 0 N–H and O–H groups in total. The van der Waals surface area contributed by atoms with Crippen LogP contribution >= 0.6 is 0 Å². The van der Waals surface area contributed by atoms with Crippen molar-refractivity contribution in [2.45, 2.75) is 108 Å². The fourth-order valence-electron chi connectivity index (χ4n) is 5.79. The summed E-state index contributed by atoms with van der Waals surface area (Å²) in [5.74, 6) is 0. The van der Waals surface area contributed by atoms with Gasteiger partial charge in [-0.15, -0.1) is 0 Å². The molecule has 0 bridgehead atoms. The Morgan fingerprint density at radius 1 is 0.500 bits per heavy atom. The van der Waals surface area contributed by atoms with Crippen molar-refractivity contribution in [2.24, 2.45) is 10.8 Å². The van der Waals surface area contributed by atoms with Crippen LogP contribution in [0.2, 0.25) is 0 Å². The Bertz CT molecular complexity index is 1120. The van der Waals surface area contributed by atoms with Gasteiger partial charge in [-0.05, 0) is 102 Å². The molecule has 0 saturated carbocycles. The van der Waals surface area contributed by atoms with Crippen LogP contribution in [0.15, 0.2) is 130 Å². The SMILES string of the molecule is [13CH3][13C]1=[13C](/[13CH]=[13CH]/[13C]([13CH3])=[13CH]/[13CH]=[13CH]/[13C]([13CH3])=[13CH]/[13CH]=[13CH]/[13CH]=[13C]([13CH3])/[13CH]=[13CH]/[13CH]=[13C]([13CH3])/[13CH]=[13CH]/[13C]2=[13C]([13CH3])[13CH2][13CH2][13CH2][13C]2([13CH3])[13CH3])[13C]([13CH3])([13CH3])[13CH2][13CH2][13CH2]1. The van der Waals surface area contributed by atoms with Crippen LogP contribution in [0.25, 0.3) is 0 Å². The van der Waals surface area contributed by atoms with Gasteiger partial charge in [-0.1, -0.05) is 146 Å². The number of rotatable bonds is 10. The van der Waals surface area contributed by atoms with Gasteiger partial charge >= 0.3 is 0 Å². The van der Waals surface area contributed by atoms with Gasteiger partial charge in [0.1, 0.15) is 0 Å². The summed E-state index contributed by atoms with van der Waals surface area (Å²) in [6.07, 6.45) is 38.4. The molecule has 0 aromatic heterocycles. The second-order valence-electron chi connectivity index (χ2n) is 13.3.